The average Bonchev–Trinajstić information content (AvgIpc) is 2.85. The summed E-state index contributed by atoms with van der Waals surface area (Å²) in [4.78, 5) is 22.0. The van der Waals surface area contributed by atoms with Crippen molar-refractivity contribution in [3.63, 3.8) is 0 Å². The summed E-state index contributed by atoms with van der Waals surface area (Å²) in [6.07, 6.45) is -3.13. The first-order valence-electron chi connectivity index (χ1n) is 6.64. The molecule has 10 heteroatoms. The SMILES string of the molecule is Cc1c([N+](=O)[O-])c(C(F)F)nn1CC(=O)Nc1ccccc1C#N. The van der Waals surface area contributed by atoms with E-state index in [0.717, 1.165) is 4.68 Å². The summed E-state index contributed by atoms with van der Waals surface area (Å²) in [5.74, 6) is -0.654. The number of hydrogen-bond acceptors (Lipinski definition) is 5. The zero-order valence-electron chi connectivity index (χ0n) is 12.4. The maximum absolute atomic E-state index is 12.8. The molecule has 0 aliphatic heterocycles. The second-order valence-corrected chi connectivity index (χ2v) is 4.74. The number of rotatable bonds is 5. The van der Waals surface area contributed by atoms with Gasteiger partial charge in [0.25, 0.3) is 6.43 Å². The Morgan fingerprint density at radius 2 is 2.17 bits per heavy atom. The van der Waals surface area contributed by atoms with Crippen LogP contribution in [0.5, 0.6) is 0 Å². The van der Waals surface area contributed by atoms with Crippen LogP contribution in [0.2, 0.25) is 0 Å². The Bertz CT molecular complexity index is 841. The Balaban J connectivity index is 2.25. The smallest absolute Gasteiger partial charge is 0.319 e. The largest absolute Gasteiger partial charge is 0.323 e. The van der Waals surface area contributed by atoms with E-state index in [1.165, 1.54) is 19.1 Å². The normalized spacial score (nSPS) is 10.5. The number of nitriles is 1. The van der Waals surface area contributed by atoms with Crippen LogP contribution in [-0.2, 0) is 11.3 Å². The molecule has 1 aromatic carbocycles. The number of alkyl halides is 2. The summed E-state index contributed by atoms with van der Waals surface area (Å²) in [5, 5.41) is 25.8. The monoisotopic (exact) mass is 335 g/mol. The van der Waals surface area contributed by atoms with E-state index in [2.05, 4.69) is 10.4 Å². The number of amides is 1. The van der Waals surface area contributed by atoms with Gasteiger partial charge in [0.05, 0.1) is 16.2 Å². The highest BCUT2D eigenvalue weighted by Gasteiger charge is 2.31. The number of hydrogen-bond donors (Lipinski definition) is 1. The predicted octanol–water partition coefficient (Wildman–Crippen LogP) is 2.55. The fourth-order valence-corrected chi connectivity index (χ4v) is 2.10. The van der Waals surface area contributed by atoms with Gasteiger partial charge in [0.1, 0.15) is 18.3 Å². The summed E-state index contributed by atoms with van der Waals surface area (Å²) < 4.78 is 26.5. The van der Waals surface area contributed by atoms with Crippen molar-refractivity contribution in [2.24, 2.45) is 0 Å². The van der Waals surface area contributed by atoms with E-state index in [9.17, 15) is 23.7 Å². The molecule has 24 heavy (non-hydrogen) atoms. The number of carbonyl (C=O) groups excluding carboxylic acids is 1. The van der Waals surface area contributed by atoms with Crippen molar-refractivity contribution in [2.45, 2.75) is 19.9 Å². The zero-order valence-corrected chi connectivity index (χ0v) is 12.4. The van der Waals surface area contributed by atoms with Crippen molar-refractivity contribution in [1.29, 1.82) is 5.26 Å². The number of aromatic nitrogens is 2. The zero-order chi connectivity index (χ0) is 17.9. The molecule has 1 amide bonds. The molecule has 0 fully saturated rings. The van der Waals surface area contributed by atoms with E-state index in [-0.39, 0.29) is 16.9 Å². The standard InChI is InChI=1S/C14H11F2N5O3/c1-8-13(21(23)24)12(14(15)16)19-20(8)7-11(22)18-10-5-3-2-4-9(10)6-17/h2-5,14H,7H2,1H3,(H,18,22). The molecule has 124 valence electrons. The van der Waals surface area contributed by atoms with Crippen molar-refractivity contribution in [3.8, 4) is 6.07 Å². The van der Waals surface area contributed by atoms with Gasteiger partial charge < -0.3 is 5.32 Å². The number of carbonyl (C=O) groups is 1. The third kappa shape index (κ3) is 3.35. The number of halogens is 2. The van der Waals surface area contributed by atoms with Gasteiger partial charge in [-0.2, -0.15) is 10.4 Å². The van der Waals surface area contributed by atoms with Crippen molar-refractivity contribution in [1.82, 2.24) is 9.78 Å². The van der Waals surface area contributed by atoms with Gasteiger partial charge >= 0.3 is 5.69 Å². The number of anilines is 1. The molecule has 1 aromatic heterocycles. The van der Waals surface area contributed by atoms with Gasteiger partial charge in [-0.05, 0) is 19.1 Å². The van der Waals surface area contributed by atoms with E-state index in [1.54, 1.807) is 12.1 Å². The summed E-state index contributed by atoms with van der Waals surface area (Å²) >= 11 is 0. The number of nitrogens with one attached hydrogen (secondary N) is 1. The molecule has 2 rings (SSSR count). The van der Waals surface area contributed by atoms with Crippen LogP contribution in [0.3, 0.4) is 0 Å². The fourth-order valence-electron chi connectivity index (χ4n) is 2.10. The summed E-state index contributed by atoms with van der Waals surface area (Å²) in [7, 11) is 0. The molecule has 0 bridgehead atoms. The number of nitro groups is 1. The molecule has 0 saturated heterocycles. The first-order valence-corrected chi connectivity index (χ1v) is 6.64. The van der Waals surface area contributed by atoms with Crippen LogP contribution in [0.1, 0.15) is 23.4 Å². The number of para-hydroxylation sites is 1. The average molecular weight is 335 g/mol. The Kier molecular flexibility index (Phi) is 4.84. The van der Waals surface area contributed by atoms with Gasteiger partial charge in [-0.15, -0.1) is 0 Å². The Morgan fingerprint density at radius 3 is 2.71 bits per heavy atom. The molecule has 1 N–H and O–H groups in total. The van der Waals surface area contributed by atoms with Gasteiger partial charge in [-0.1, -0.05) is 12.1 Å². The van der Waals surface area contributed by atoms with Crippen LogP contribution >= 0.6 is 0 Å². The topological polar surface area (TPSA) is 114 Å². The minimum Gasteiger partial charge on any atom is -0.323 e. The molecule has 1 heterocycles. The molecule has 0 aliphatic carbocycles. The lowest BCUT2D eigenvalue weighted by Crippen LogP contribution is -2.21. The maximum Gasteiger partial charge on any atom is 0.319 e. The maximum atomic E-state index is 12.8. The molecule has 0 saturated carbocycles. The first kappa shape index (κ1) is 17.0. The van der Waals surface area contributed by atoms with Gasteiger partial charge in [-0.3, -0.25) is 19.6 Å². The lowest BCUT2D eigenvalue weighted by Gasteiger charge is -2.07. The van der Waals surface area contributed by atoms with Crippen LogP contribution in [0.15, 0.2) is 24.3 Å². The molecule has 0 aliphatic rings. The summed E-state index contributed by atoms with van der Waals surface area (Å²) in [6, 6.07) is 8.11. The minimum atomic E-state index is -3.13. The fraction of sp³-hybridized carbons (Fsp3) is 0.214. The molecular formula is C14H11F2N5O3. The highest BCUT2D eigenvalue weighted by molar-refractivity contribution is 5.92. The van der Waals surface area contributed by atoms with E-state index < -0.39 is 35.2 Å². The van der Waals surface area contributed by atoms with Gasteiger partial charge in [-0.25, -0.2) is 8.78 Å². The first-order chi connectivity index (χ1) is 11.3. The minimum absolute atomic E-state index is 0.154. The van der Waals surface area contributed by atoms with E-state index in [4.69, 9.17) is 5.26 Å². The van der Waals surface area contributed by atoms with E-state index in [1.807, 2.05) is 6.07 Å². The van der Waals surface area contributed by atoms with Crippen molar-refractivity contribution in [3.05, 3.63) is 51.3 Å². The second kappa shape index (κ2) is 6.82. The van der Waals surface area contributed by atoms with Gasteiger partial charge in [0, 0.05) is 0 Å². The lowest BCUT2D eigenvalue weighted by molar-refractivity contribution is -0.386. The molecule has 0 atom stereocenters. The molecular weight excluding hydrogens is 324 g/mol. The van der Waals surface area contributed by atoms with Crippen LogP contribution in [0.25, 0.3) is 0 Å². The van der Waals surface area contributed by atoms with Crippen LogP contribution < -0.4 is 5.32 Å². The number of nitrogens with zero attached hydrogens (tertiary/aromatic N) is 4. The Morgan fingerprint density at radius 1 is 1.50 bits per heavy atom. The predicted molar refractivity (Wildman–Crippen MR) is 78.4 cm³/mol. The van der Waals surface area contributed by atoms with Crippen LogP contribution in [0.4, 0.5) is 20.2 Å². The molecule has 0 radical (unpaired) electrons. The van der Waals surface area contributed by atoms with Crippen molar-refractivity contribution in [2.75, 3.05) is 5.32 Å². The summed E-state index contributed by atoms with van der Waals surface area (Å²) in [6.45, 7) is 0.729. The second-order valence-electron chi connectivity index (χ2n) is 4.74. The number of benzene rings is 1. The third-order valence-corrected chi connectivity index (χ3v) is 3.21. The van der Waals surface area contributed by atoms with Gasteiger partial charge in [0.15, 0.2) is 0 Å². The highest BCUT2D eigenvalue weighted by Crippen LogP contribution is 2.30. The molecule has 2 aromatic rings. The Labute approximate surface area is 134 Å². The van der Waals surface area contributed by atoms with Crippen molar-refractivity contribution < 1.29 is 18.5 Å². The molecule has 8 nitrogen and oxygen atoms in total. The Hall–Kier alpha value is -3.35. The van der Waals surface area contributed by atoms with Gasteiger partial charge in [0.2, 0.25) is 11.6 Å². The lowest BCUT2D eigenvalue weighted by atomic mass is 10.2. The quantitative estimate of drug-likeness (QED) is 0.666. The summed E-state index contributed by atoms with van der Waals surface area (Å²) in [5.41, 5.74) is -1.47. The third-order valence-electron chi connectivity index (χ3n) is 3.21. The molecule has 0 unspecified atom stereocenters. The highest BCUT2D eigenvalue weighted by atomic mass is 19.3. The van der Waals surface area contributed by atoms with E-state index in [0.29, 0.717) is 0 Å². The van der Waals surface area contributed by atoms with E-state index >= 15 is 0 Å². The van der Waals surface area contributed by atoms with Crippen LogP contribution in [-0.4, -0.2) is 20.6 Å². The van der Waals surface area contributed by atoms with Crippen molar-refractivity contribution >= 4 is 17.3 Å². The molecule has 0 spiro atoms. The van der Waals surface area contributed by atoms with Crippen LogP contribution in [0, 0.1) is 28.4 Å².